The van der Waals surface area contributed by atoms with Crippen LogP contribution in [-0.2, 0) is 4.79 Å². The SMILES string of the molecule is CCCC[C@H](N)C(=O)NC1(CO)CCC1. The van der Waals surface area contributed by atoms with Crippen LogP contribution in [0.4, 0.5) is 0 Å². The van der Waals surface area contributed by atoms with E-state index in [0.29, 0.717) is 0 Å². The molecule has 1 aliphatic rings. The molecular formula is C11H22N2O2. The lowest BCUT2D eigenvalue weighted by Crippen LogP contribution is -2.59. The Labute approximate surface area is 91.2 Å². The van der Waals surface area contributed by atoms with Crippen molar-refractivity contribution in [2.75, 3.05) is 6.61 Å². The third kappa shape index (κ3) is 3.18. The first-order chi connectivity index (χ1) is 7.13. The van der Waals surface area contributed by atoms with E-state index in [9.17, 15) is 9.90 Å². The van der Waals surface area contributed by atoms with Gasteiger partial charge in [0.25, 0.3) is 0 Å². The van der Waals surface area contributed by atoms with E-state index in [1.54, 1.807) is 0 Å². The Morgan fingerprint density at radius 1 is 1.60 bits per heavy atom. The van der Waals surface area contributed by atoms with Crippen LogP contribution in [0.2, 0.25) is 0 Å². The maximum atomic E-state index is 11.7. The second-order valence-electron chi connectivity index (χ2n) is 4.53. The molecule has 1 saturated carbocycles. The summed E-state index contributed by atoms with van der Waals surface area (Å²) in [5.41, 5.74) is 5.39. The Bertz CT molecular complexity index is 209. The summed E-state index contributed by atoms with van der Waals surface area (Å²) in [4.78, 5) is 11.7. The fourth-order valence-corrected chi connectivity index (χ4v) is 1.84. The summed E-state index contributed by atoms with van der Waals surface area (Å²) in [6.45, 7) is 2.10. The quantitative estimate of drug-likeness (QED) is 0.604. The Morgan fingerprint density at radius 3 is 2.67 bits per heavy atom. The lowest BCUT2D eigenvalue weighted by atomic mass is 9.77. The minimum atomic E-state index is -0.422. The average molecular weight is 214 g/mol. The number of nitrogens with two attached hydrogens (primary N) is 1. The van der Waals surface area contributed by atoms with E-state index < -0.39 is 6.04 Å². The van der Waals surface area contributed by atoms with Crippen LogP contribution >= 0.6 is 0 Å². The number of hydrogen-bond acceptors (Lipinski definition) is 3. The molecule has 0 bridgehead atoms. The summed E-state index contributed by atoms with van der Waals surface area (Å²) in [6, 6.07) is -0.422. The van der Waals surface area contributed by atoms with Gasteiger partial charge in [-0.1, -0.05) is 19.8 Å². The smallest absolute Gasteiger partial charge is 0.237 e. The van der Waals surface area contributed by atoms with E-state index >= 15 is 0 Å². The summed E-state index contributed by atoms with van der Waals surface area (Å²) < 4.78 is 0. The second kappa shape index (κ2) is 5.47. The summed E-state index contributed by atoms with van der Waals surface area (Å²) in [5.74, 6) is -0.114. The molecule has 0 radical (unpaired) electrons. The van der Waals surface area contributed by atoms with Gasteiger partial charge in [-0.25, -0.2) is 0 Å². The molecule has 0 aromatic rings. The van der Waals surface area contributed by atoms with Crippen LogP contribution in [-0.4, -0.2) is 29.2 Å². The molecule has 88 valence electrons. The van der Waals surface area contributed by atoms with Crippen LogP contribution in [0, 0.1) is 0 Å². The van der Waals surface area contributed by atoms with Gasteiger partial charge in [-0.2, -0.15) is 0 Å². The van der Waals surface area contributed by atoms with E-state index in [0.717, 1.165) is 38.5 Å². The Morgan fingerprint density at radius 2 is 2.27 bits per heavy atom. The van der Waals surface area contributed by atoms with Gasteiger partial charge in [-0.3, -0.25) is 4.79 Å². The van der Waals surface area contributed by atoms with Crippen molar-refractivity contribution in [3.63, 3.8) is 0 Å². The number of aliphatic hydroxyl groups is 1. The second-order valence-corrected chi connectivity index (χ2v) is 4.53. The molecule has 4 nitrogen and oxygen atoms in total. The summed E-state index contributed by atoms with van der Waals surface area (Å²) in [6.07, 6.45) is 5.56. The Kier molecular flexibility index (Phi) is 4.54. The molecule has 0 heterocycles. The van der Waals surface area contributed by atoms with Crippen LogP contribution in [0.15, 0.2) is 0 Å². The number of nitrogens with one attached hydrogen (secondary N) is 1. The lowest BCUT2D eigenvalue weighted by molar-refractivity contribution is -0.126. The van der Waals surface area contributed by atoms with E-state index in [-0.39, 0.29) is 18.1 Å². The number of carbonyl (C=O) groups is 1. The molecule has 0 saturated heterocycles. The third-order valence-electron chi connectivity index (χ3n) is 3.21. The predicted molar refractivity (Wildman–Crippen MR) is 59.3 cm³/mol. The van der Waals surface area contributed by atoms with Crippen molar-refractivity contribution in [3.8, 4) is 0 Å². The number of unbranched alkanes of at least 4 members (excludes halogenated alkanes) is 1. The molecule has 4 N–H and O–H groups in total. The zero-order valence-electron chi connectivity index (χ0n) is 9.46. The molecule has 15 heavy (non-hydrogen) atoms. The maximum Gasteiger partial charge on any atom is 0.237 e. The van der Waals surface area contributed by atoms with E-state index in [4.69, 9.17) is 5.73 Å². The first-order valence-corrected chi connectivity index (χ1v) is 5.82. The van der Waals surface area contributed by atoms with E-state index in [2.05, 4.69) is 12.2 Å². The minimum Gasteiger partial charge on any atom is -0.394 e. The highest BCUT2D eigenvalue weighted by molar-refractivity contribution is 5.82. The number of aliphatic hydroxyl groups excluding tert-OH is 1. The molecule has 1 rings (SSSR count). The molecule has 0 spiro atoms. The number of carbonyl (C=O) groups excluding carboxylic acids is 1. The lowest BCUT2D eigenvalue weighted by Gasteiger charge is -2.41. The van der Waals surface area contributed by atoms with Crippen molar-refractivity contribution in [2.24, 2.45) is 5.73 Å². The largest absolute Gasteiger partial charge is 0.394 e. The molecule has 0 aliphatic heterocycles. The molecule has 1 amide bonds. The standard InChI is InChI=1S/C11H22N2O2/c1-2-3-5-9(12)10(15)13-11(8-14)6-4-7-11/h9,14H,2-8,12H2,1H3,(H,13,15)/t9-/m0/s1. The Balaban J connectivity index is 2.33. The summed E-state index contributed by atoms with van der Waals surface area (Å²) in [5, 5.41) is 12.1. The van der Waals surface area contributed by atoms with Gasteiger partial charge in [0.1, 0.15) is 0 Å². The molecule has 0 unspecified atom stereocenters. The van der Waals surface area contributed by atoms with Crippen LogP contribution in [0.25, 0.3) is 0 Å². The summed E-state index contributed by atoms with van der Waals surface area (Å²) >= 11 is 0. The minimum absolute atomic E-state index is 0.0270. The van der Waals surface area contributed by atoms with Crippen molar-refractivity contribution in [1.29, 1.82) is 0 Å². The predicted octanol–water partition coefficient (Wildman–Crippen LogP) is 0.535. The zero-order valence-corrected chi connectivity index (χ0v) is 9.46. The van der Waals surface area contributed by atoms with Crippen LogP contribution in [0.5, 0.6) is 0 Å². The molecule has 1 fully saturated rings. The van der Waals surface area contributed by atoms with E-state index in [1.807, 2.05) is 0 Å². The maximum absolute atomic E-state index is 11.7. The Hall–Kier alpha value is -0.610. The van der Waals surface area contributed by atoms with Gasteiger partial charge in [-0.15, -0.1) is 0 Å². The van der Waals surface area contributed by atoms with E-state index in [1.165, 1.54) is 0 Å². The van der Waals surface area contributed by atoms with Crippen molar-refractivity contribution >= 4 is 5.91 Å². The van der Waals surface area contributed by atoms with Gasteiger partial charge in [0, 0.05) is 0 Å². The van der Waals surface area contributed by atoms with Crippen LogP contribution in [0.1, 0.15) is 45.4 Å². The fourth-order valence-electron chi connectivity index (χ4n) is 1.84. The van der Waals surface area contributed by atoms with Crippen molar-refractivity contribution in [3.05, 3.63) is 0 Å². The number of rotatable bonds is 6. The fraction of sp³-hybridized carbons (Fsp3) is 0.909. The monoisotopic (exact) mass is 214 g/mol. The highest BCUT2D eigenvalue weighted by Gasteiger charge is 2.38. The first kappa shape index (κ1) is 12.5. The van der Waals surface area contributed by atoms with Gasteiger partial charge >= 0.3 is 0 Å². The third-order valence-corrected chi connectivity index (χ3v) is 3.21. The normalized spacial score (nSPS) is 20.5. The van der Waals surface area contributed by atoms with Crippen molar-refractivity contribution < 1.29 is 9.90 Å². The molecule has 0 aromatic heterocycles. The van der Waals surface area contributed by atoms with Gasteiger partial charge in [0.05, 0.1) is 18.2 Å². The van der Waals surface area contributed by atoms with Crippen LogP contribution in [0.3, 0.4) is 0 Å². The summed E-state index contributed by atoms with van der Waals surface area (Å²) in [7, 11) is 0. The van der Waals surface area contributed by atoms with Gasteiger partial charge < -0.3 is 16.2 Å². The number of amides is 1. The average Bonchev–Trinajstić information content (AvgIpc) is 2.19. The molecule has 1 aliphatic carbocycles. The molecule has 1 atom stereocenters. The topological polar surface area (TPSA) is 75.4 Å². The first-order valence-electron chi connectivity index (χ1n) is 5.82. The van der Waals surface area contributed by atoms with Gasteiger partial charge in [0.2, 0.25) is 5.91 Å². The van der Waals surface area contributed by atoms with Crippen LogP contribution < -0.4 is 11.1 Å². The molecule has 0 aromatic carbocycles. The highest BCUT2D eigenvalue weighted by atomic mass is 16.3. The zero-order chi connectivity index (χ0) is 11.3. The molecular weight excluding hydrogens is 192 g/mol. The van der Waals surface area contributed by atoms with Crippen molar-refractivity contribution in [1.82, 2.24) is 5.32 Å². The number of hydrogen-bond donors (Lipinski definition) is 3. The van der Waals surface area contributed by atoms with Gasteiger partial charge in [-0.05, 0) is 25.7 Å². The van der Waals surface area contributed by atoms with Crippen molar-refractivity contribution in [2.45, 2.75) is 57.0 Å². The van der Waals surface area contributed by atoms with Gasteiger partial charge in [0.15, 0.2) is 0 Å². The molecule has 4 heteroatoms. The highest BCUT2D eigenvalue weighted by Crippen LogP contribution is 2.31.